The summed E-state index contributed by atoms with van der Waals surface area (Å²) in [6.45, 7) is 4.19. The second-order valence-corrected chi connectivity index (χ2v) is 7.87. The highest BCUT2D eigenvalue weighted by atomic mass is 19.1. The van der Waals surface area contributed by atoms with E-state index in [1.807, 2.05) is 6.92 Å². The van der Waals surface area contributed by atoms with Gasteiger partial charge in [-0.15, -0.1) is 0 Å². The van der Waals surface area contributed by atoms with Crippen molar-refractivity contribution in [3.8, 4) is 0 Å². The van der Waals surface area contributed by atoms with Gasteiger partial charge in [0.25, 0.3) is 0 Å². The Morgan fingerprint density at radius 1 is 0.909 bits per heavy atom. The van der Waals surface area contributed by atoms with E-state index in [4.69, 9.17) is 0 Å². The van der Waals surface area contributed by atoms with Crippen LogP contribution in [0.3, 0.4) is 0 Å². The summed E-state index contributed by atoms with van der Waals surface area (Å²) in [5.41, 5.74) is 0. The molecule has 0 aliphatic heterocycles. The average molecular weight is 309 g/mol. The molecule has 0 spiro atoms. The van der Waals surface area contributed by atoms with Crippen molar-refractivity contribution in [2.24, 2.45) is 23.7 Å². The van der Waals surface area contributed by atoms with Crippen LogP contribution in [0, 0.1) is 23.7 Å². The Morgan fingerprint density at radius 2 is 1.50 bits per heavy atom. The van der Waals surface area contributed by atoms with Gasteiger partial charge in [-0.05, 0) is 87.9 Å². The lowest BCUT2D eigenvalue weighted by Gasteiger charge is -2.37. The van der Waals surface area contributed by atoms with E-state index in [9.17, 15) is 4.39 Å². The smallest absolute Gasteiger partial charge is 0.0999 e. The van der Waals surface area contributed by atoms with E-state index in [2.05, 4.69) is 19.1 Å². The van der Waals surface area contributed by atoms with Gasteiger partial charge < -0.3 is 0 Å². The van der Waals surface area contributed by atoms with Crippen molar-refractivity contribution >= 4 is 0 Å². The first-order valence-corrected chi connectivity index (χ1v) is 10.0. The summed E-state index contributed by atoms with van der Waals surface area (Å²) in [7, 11) is 0. The molecule has 2 aliphatic rings. The van der Waals surface area contributed by atoms with Gasteiger partial charge in [-0.1, -0.05) is 38.8 Å². The number of hydrogen-bond acceptors (Lipinski definition) is 0. The minimum absolute atomic E-state index is 0.552. The zero-order valence-corrected chi connectivity index (χ0v) is 14.9. The normalized spacial score (nSPS) is 34.9. The van der Waals surface area contributed by atoms with Crippen LogP contribution in [-0.2, 0) is 0 Å². The average Bonchev–Trinajstić information content (AvgIpc) is 2.58. The predicted octanol–water partition coefficient (Wildman–Crippen LogP) is 7.09. The van der Waals surface area contributed by atoms with Gasteiger partial charge in [0.1, 0.15) is 0 Å². The number of rotatable bonds is 7. The number of alkyl halides is 1. The van der Waals surface area contributed by atoms with E-state index in [-0.39, 0.29) is 0 Å². The third kappa shape index (κ3) is 5.70. The molecule has 0 N–H and O–H groups in total. The molecule has 0 saturated heterocycles. The summed E-state index contributed by atoms with van der Waals surface area (Å²) < 4.78 is 13.4. The molecule has 2 rings (SSSR count). The molecule has 0 nitrogen and oxygen atoms in total. The topological polar surface area (TPSA) is 0 Å². The fourth-order valence-corrected chi connectivity index (χ4v) is 4.71. The zero-order chi connectivity index (χ0) is 15.8. The van der Waals surface area contributed by atoms with Gasteiger partial charge in [-0.25, -0.2) is 4.39 Å². The van der Waals surface area contributed by atoms with Gasteiger partial charge in [-0.2, -0.15) is 0 Å². The summed E-state index contributed by atoms with van der Waals surface area (Å²) in [6.07, 6.45) is 19.4. The quantitative estimate of drug-likeness (QED) is 0.440. The lowest BCUT2D eigenvalue weighted by Crippen LogP contribution is -2.25. The molecule has 2 fully saturated rings. The fraction of sp³-hybridized carbons (Fsp3) is 0.905. The van der Waals surface area contributed by atoms with E-state index < -0.39 is 6.17 Å². The van der Waals surface area contributed by atoms with Crippen molar-refractivity contribution in [3.05, 3.63) is 12.2 Å². The van der Waals surface area contributed by atoms with Gasteiger partial charge >= 0.3 is 0 Å². The van der Waals surface area contributed by atoms with Gasteiger partial charge in [0.15, 0.2) is 0 Å². The third-order valence-electron chi connectivity index (χ3n) is 6.35. The molecule has 0 aromatic carbocycles. The first-order valence-electron chi connectivity index (χ1n) is 10.0. The molecule has 2 saturated carbocycles. The van der Waals surface area contributed by atoms with Gasteiger partial charge in [0, 0.05) is 0 Å². The Balaban J connectivity index is 1.64. The van der Waals surface area contributed by atoms with E-state index in [1.165, 1.54) is 57.8 Å². The molecular weight excluding hydrogens is 271 g/mol. The summed E-state index contributed by atoms with van der Waals surface area (Å²) in [5, 5.41) is 0. The van der Waals surface area contributed by atoms with E-state index >= 15 is 0 Å². The molecule has 0 aromatic rings. The van der Waals surface area contributed by atoms with Crippen molar-refractivity contribution in [1.29, 1.82) is 0 Å². The maximum absolute atomic E-state index is 13.4. The molecular formula is C21H37F. The van der Waals surface area contributed by atoms with Crippen molar-refractivity contribution in [1.82, 2.24) is 0 Å². The molecule has 1 unspecified atom stereocenters. The predicted molar refractivity (Wildman–Crippen MR) is 94.7 cm³/mol. The van der Waals surface area contributed by atoms with Crippen LogP contribution in [0.5, 0.6) is 0 Å². The van der Waals surface area contributed by atoms with Crippen LogP contribution in [0.25, 0.3) is 0 Å². The monoisotopic (exact) mass is 308 g/mol. The van der Waals surface area contributed by atoms with Crippen LogP contribution >= 0.6 is 0 Å². The van der Waals surface area contributed by atoms with Gasteiger partial charge in [0.05, 0.1) is 6.17 Å². The van der Waals surface area contributed by atoms with Crippen molar-refractivity contribution < 1.29 is 4.39 Å². The lowest BCUT2D eigenvalue weighted by atomic mass is 9.68. The molecule has 128 valence electrons. The van der Waals surface area contributed by atoms with Crippen LogP contribution in [0.4, 0.5) is 4.39 Å². The molecule has 0 aromatic heterocycles. The number of allylic oxidation sites excluding steroid dienone is 2. The summed E-state index contributed by atoms with van der Waals surface area (Å²) >= 11 is 0. The number of halogens is 1. The largest absolute Gasteiger partial charge is 0.248 e. The Hall–Kier alpha value is -0.330. The third-order valence-corrected chi connectivity index (χ3v) is 6.35. The second-order valence-electron chi connectivity index (χ2n) is 7.87. The molecule has 1 atom stereocenters. The Morgan fingerprint density at radius 3 is 2.05 bits per heavy atom. The molecule has 0 amide bonds. The van der Waals surface area contributed by atoms with E-state index in [0.29, 0.717) is 6.42 Å². The van der Waals surface area contributed by atoms with Crippen LogP contribution < -0.4 is 0 Å². The maximum Gasteiger partial charge on any atom is 0.0999 e. The number of hydrogen-bond donors (Lipinski definition) is 0. The van der Waals surface area contributed by atoms with Crippen LogP contribution in [0.15, 0.2) is 12.2 Å². The highest BCUT2D eigenvalue weighted by molar-refractivity contribution is 4.92. The van der Waals surface area contributed by atoms with Crippen molar-refractivity contribution in [3.63, 3.8) is 0 Å². The zero-order valence-electron chi connectivity index (χ0n) is 14.9. The lowest BCUT2D eigenvalue weighted by molar-refractivity contribution is 0.147. The van der Waals surface area contributed by atoms with Crippen LogP contribution in [-0.4, -0.2) is 6.17 Å². The molecule has 0 bridgehead atoms. The standard InChI is InChI=1S/C21H37F/c1-3-5-6-17-7-12-19(13-8-17)20-14-9-18(10-15-20)11-16-21(22)4-2/h5-6,17-21H,3-4,7-16H2,1-2H3. The second kappa shape index (κ2) is 9.73. The Labute approximate surface area is 138 Å². The van der Waals surface area contributed by atoms with Crippen molar-refractivity contribution in [2.75, 3.05) is 0 Å². The highest BCUT2D eigenvalue weighted by Crippen LogP contribution is 2.42. The molecule has 1 heteroatoms. The Kier molecular flexibility index (Phi) is 7.97. The van der Waals surface area contributed by atoms with E-state index in [0.717, 1.165) is 36.5 Å². The molecule has 0 radical (unpaired) electrons. The first kappa shape index (κ1) is 18.0. The summed E-state index contributed by atoms with van der Waals surface area (Å²) in [4.78, 5) is 0. The van der Waals surface area contributed by atoms with Crippen molar-refractivity contribution in [2.45, 2.75) is 97.1 Å². The van der Waals surface area contributed by atoms with Gasteiger partial charge in [-0.3, -0.25) is 0 Å². The maximum atomic E-state index is 13.4. The Bertz CT molecular complexity index is 306. The summed E-state index contributed by atoms with van der Waals surface area (Å²) in [5.74, 6) is 3.67. The molecule has 0 heterocycles. The highest BCUT2D eigenvalue weighted by Gasteiger charge is 2.30. The first-order chi connectivity index (χ1) is 10.7. The fourth-order valence-electron chi connectivity index (χ4n) is 4.71. The minimum atomic E-state index is -0.552. The van der Waals surface area contributed by atoms with Crippen LogP contribution in [0.2, 0.25) is 0 Å². The molecule has 2 aliphatic carbocycles. The summed E-state index contributed by atoms with van der Waals surface area (Å²) in [6, 6.07) is 0. The minimum Gasteiger partial charge on any atom is -0.248 e. The van der Waals surface area contributed by atoms with Crippen LogP contribution in [0.1, 0.15) is 90.9 Å². The SMILES string of the molecule is CCC=CC1CCC(C2CCC(CCC(F)CC)CC2)CC1. The van der Waals surface area contributed by atoms with Gasteiger partial charge in [0.2, 0.25) is 0 Å². The van der Waals surface area contributed by atoms with E-state index in [1.54, 1.807) is 0 Å². The molecule has 22 heavy (non-hydrogen) atoms.